The van der Waals surface area contributed by atoms with E-state index in [0.717, 1.165) is 31.4 Å². The molecule has 0 bridgehead atoms. The van der Waals surface area contributed by atoms with E-state index in [1.54, 1.807) is 17.9 Å². The van der Waals surface area contributed by atoms with Crippen molar-refractivity contribution in [3.63, 3.8) is 0 Å². The summed E-state index contributed by atoms with van der Waals surface area (Å²) in [6.07, 6.45) is -1.18. The Labute approximate surface area is 150 Å². The fourth-order valence-electron chi connectivity index (χ4n) is 3.67. The number of hydrogen-bond acceptors (Lipinski definition) is 2. The van der Waals surface area contributed by atoms with E-state index in [0.29, 0.717) is 18.4 Å². The fraction of sp³-hybridized carbons (Fsp3) is 0.579. The predicted octanol–water partition coefficient (Wildman–Crippen LogP) is 4.40. The van der Waals surface area contributed by atoms with Crippen LogP contribution in [-0.4, -0.2) is 27.9 Å². The lowest BCUT2D eigenvalue weighted by Gasteiger charge is -2.40. The number of carbonyl (C=O) groups excluding carboxylic acids is 1. The molecule has 0 aliphatic heterocycles. The van der Waals surface area contributed by atoms with Gasteiger partial charge in [-0.25, -0.2) is 0 Å². The minimum absolute atomic E-state index is 0.0158. The molecule has 2 aliphatic carbocycles. The summed E-state index contributed by atoms with van der Waals surface area (Å²) in [5, 5.41) is 9.45. The van der Waals surface area contributed by atoms with Crippen molar-refractivity contribution in [2.75, 3.05) is 0 Å². The molecule has 1 N–H and O–H groups in total. The number of hydrogen-bond donors (Lipinski definition) is 1. The van der Waals surface area contributed by atoms with Gasteiger partial charge in [-0.2, -0.15) is 13.2 Å². The van der Waals surface area contributed by atoms with E-state index in [-0.39, 0.29) is 18.4 Å². The van der Waals surface area contributed by atoms with Crippen LogP contribution in [0.25, 0.3) is 0 Å². The summed E-state index contributed by atoms with van der Waals surface area (Å²) in [5.41, 5.74) is -1.33. The number of aliphatic carboxylic acids is 1. The number of carboxylic acids is 1. The molecule has 1 unspecified atom stereocenters. The maximum atomic E-state index is 13.0. The molecule has 0 spiro atoms. The highest BCUT2D eigenvalue weighted by Gasteiger charge is 2.48. The fourth-order valence-corrected chi connectivity index (χ4v) is 3.67. The smallest absolute Gasteiger partial charge is 0.416 e. The molecule has 3 rings (SSSR count). The van der Waals surface area contributed by atoms with E-state index in [9.17, 15) is 27.9 Å². The van der Waals surface area contributed by atoms with E-state index in [2.05, 4.69) is 0 Å². The van der Waals surface area contributed by atoms with E-state index in [4.69, 9.17) is 0 Å². The molecule has 1 aromatic rings. The van der Waals surface area contributed by atoms with E-state index >= 15 is 0 Å². The highest BCUT2D eigenvalue weighted by molar-refractivity contribution is 5.86. The van der Waals surface area contributed by atoms with Crippen LogP contribution in [0.4, 0.5) is 13.2 Å². The number of carboxylic acid groups (broad SMARTS) is 1. The molecule has 26 heavy (non-hydrogen) atoms. The number of halogens is 3. The molecule has 1 atom stereocenters. The minimum atomic E-state index is -4.44. The lowest BCUT2D eigenvalue weighted by Crippen LogP contribution is -2.45. The molecule has 2 fully saturated rings. The summed E-state index contributed by atoms with van der Waals surface area (Å²) < 4.78 is 38.9. The Kier molecular flexibility index (Phi) is 4.75. The molecule has 1 aromatic carbocycles. The molecule has 1 amide bonds. The van der Waals surface area contributed by atoms with Crippen molar-refractivity contribution >= 4 is 11.9 Å². The van der Waals surface area contributed by atoms with Gasteiger partial charge in [-0.1, -0.05) is 18.6 Å². The lowest BCUT2D eigenvalue weighted by molar-refractivity contribution is -0.160. The molecule has 0 aromatic heterocycles. The monoisotopic (exact) mass is 369 g/mol. The highest BCUT2D eigenvalue weighted by Crippen LogP contribution is 2.46. The van der Waals surface area contributed by atoms with Crippen LogP contribution in [0.3, 0.4) is 0 Å². The summed E-state index contributed by atoms with van der Waals surface area (Å²) >= 11 is 0. The molecule has 142 valence electrons. The second kappa shape index (κ2) is 6.59. The van der Waals surface area contributed by atoms with E-state index in [1.165, 1.54) is 6.07 Å². The summed E-state index contributed by atoms with van der Waals surface area (Å²) in [5.74, 6) is -1.24. The van der Waals surface area contributed by atoms with Gasteiger partial charge in [0.05, 0.1) is 17.0 Å². The molecular weight excluding hydrogens is 347 g/mol. The highest BCUT2D eigenvalue weighted by atomic mass is 19.4. The van der Waals surface area contributed by atoms with Gasteiger partial charge < -0.3 is 10.0 Å². The van der Waals surface area contributed by atoms with Gasteiger partial charge in [0.15, 0.2) is 0 Å². The van der Waals surface area contributed by atoms with Crippen LogP contribution in [0.15, 0.2) is 24.3 Å². The third kappa shape index (κ3) is 3.57. The SMILES string of the molecule is CC(c1cccc(C(F)(F)F)c1)N(C(=O)CC1(C(=O)O)CCC1)C1CC1. The van der Waals surface area contributed by atoms with Crippen LogP contribution < -0.4 is 0 Å². The maximum Gasteiger partial charge on any atom is 0.416 e. The van der Waals surface area contributed by atoms with Crippen LogP contribution in [0, 0.1) is 5.41 Å². The van der Waals surface area contributed by atoms with Crippen LogP contribution >= 0.6 is 0 Å². The summed E-state index contributed by atoms with van der Waals surface area (Å²) in [6, 6.07) is 4.46. The number of nitrogens with zero attached hydrogens (tertiary/aromatic N) is 1. The van der Waals surface area contributed by atoms with Gasteiger partial charge in [0, 0.05) is 12.5 Å². The zero-order valence-corrected chi connectivity index (χ0v) is 14.6. The van der Waals surface area contributed by atoms with Gasteiger partial charge in [0.1, 0.15) is 0 Å². The third-order valence-electron chi connectivity index (χ3n) is 5.60. The van der Waals surface area contributed by atoms with Gasteiger partial charge in [0.2, 0.25) is 5.91 Å². The Morgan fingerprint density at radius 3 is 2.42 bits per heavy atom. The van der Waals surface area contributed by atoms with Gasteiger partial charge in [-0.05, 0) is 50.3 Å². The Hall–Kier alpha value is -2.05. The summed E-state index contributed by atoms with van der Waals surface area (Å²) in [6.45, 7) is 1.71. The maximum absolute atomic E-state index is 13.0. The normalized spacial score (nSPS) is 20.2. The third-order valence-corrected chi connectivity index (χ3v) is 5.60. The Balaban J connectivity index is 1.82. The largest absolute Gasteiger partial charge is 0.481 e. The number of rotatable bonds is 6. The average Bonchev–Trinajstić information content (AvgIpc) is 3.34. The predicted molar refractivity (Wildman–Crippen MR) is 88.3 cm³/mol. The molecule has 0 heterocycles. The molecule has 0 saturated heterocycles. The second-order valence-electron chi connectivity index (χ2n) is 7.45. The van der Waals surface area contributed by atoms with Crippen molar-refractivity contribution in [3.8, 4) is 0 Å². The second-order valence-corrected chi connectivity index (χ2v) is 7.45. The van der Waals surface area contributed by atoms with Crippen molar-refractivity contribution in [1.29, 1.82) is 0 Å². The lowest BCUT2D eigenvalue weighted by atomic mass is 9.66. The standard InChI is InChI=1S/C19H22F3NO3/c1-12(13-4-2-5-14(10-13)19(20,21)22)23(15-6-7-15)16(24)11-18(17(25)26)8-3-9-18/h2,4-5,10,12,15H,3,6-9,11H2,1H3,(H,25,26). The van der Waals surface area contributed by atoms with Gasteiger partial charge in [-0.3, -0.25) is 9.59 Å². The summed E-state index contributed by atoms with van der Waals surface area (Å²) in [7, 11) is 0. The molecule has 7 heteroatoms. The van der Waals surface area contributed by atoms with Crippen LogP contribution in [-0.2, 0) is 15.8 Å². The van der Waals surface area contributed by atoms with Gasteiger partial charge in [0.25, 0.3) is 0 Å². The van der Waals surface area contributed by atoms with Crippen molar-refractivity contribution in [2.24, 2.45) is 5.41 Å². The molecular formula is C19H22F3NO3. The Morgan fingerprint density at radius 1 is 1.31 bits per heavy atom. The van der Waals surface area contributed by atoms with Crippen LogP contribution in [0.5, 0.6) is 0 Å². The van der Waals surface area contributed by atoms with Crippen LogP contribution in [0.2, 0.25) is 0 Å². The van der Waals surface area contributed by atoms with E-state index in [1.807, 2.05) is 0 Å². The van der Waals surface area contributed by atoms with Gasteiger partial charge in [-0.15, -0.1) is 0 Å². The number of alkyl halides is 3. The number of amides is 1. The van der Waals surface area contributed by atoms with Crippen molar-refractivity contribution in [1.82, 2.24) is 4.90 Å². The first kappa shape index (κ1) is 18.7. The van der Waals surface area contributed by atoms with Crippen molar-refractivity contribution in [3.05, 3.63) is 35.4 Å². The summed E-state index contributed by atoms with van der Waals surface area (Å²) in [4.78, 5) is 26.0. The first-order chi connectivity index (χ1) is 12.1. The molecule has 2 aliphatic rings. The minimum Gasteiger partial charge on any atom is -0.481 e. The number of carbonyl (C=O) groups is 2. The topological polar surface area (TPSA) is 57.6 Å². The molecule has 2 saturated carbocycles. The first-order valence-electron chi connectivity index (χ1n) is 8.86. The Morgan fingerprint density at radius 2 is 1.96 bits per heavy atom. The van der Waals surface area contributed by atoms with Crippen molar-refractivity contribution in [2.45, 2.75) is 63.7 Å². The zero-order valence-electron chi connectivity index (χ0n) is 14.6. The van der Waals surface area contributed by atoms with Gasteiger partial charge >= 0.3 is 12.1 Å². The molecule has 4 nitrogen and oxygen atoms in total. The number of benzene rings is 1. The van der Waals surface area contributed by atoms with E-state index < -0.39 is 29.2 Å². The quantitative estimate of drug-likeness (QED) is 0.808. The van der Waals surface area contributed by atoms with Crippen LogP contribution in [0.1, 0.15) is 62.6 Å². The van der Waals surface area contributed by atoms with Crippen molar-refractivity contribution < 1.29 is 27.9 Å². The average molecular weight is 369 g/mol. The molecule has 0 radical (unpaired) electrons. The zero-order chi connectivity index (χ0) is 19.1. The Bertz CT molecular complexity index is 708. The first-order valence-corrected chi connectivity index (χ1v) is 8.86.